The Kier molecular flexibility index (Phi) is 5.16. The van der Waals surface area contributed by atoms with Crippen LogP contribution in [0.5, 0.6) is 0 Å². The number of carboxylic acids is 1. The second-order valence-corrected chi connectivity index (χ2v) is 5.98. The highest BCUT2D eigenvalue weighted by molar-refractivity contribution is 6.02. The number of aliphatic carboxylic acids is 1. The molecule has 0 fully saturated rings. The Morgan fingerprint density at radius 2 is 1.89 bits per heavy atom. The minimum absolute atomic E-state index is 0.0822. The molecule has 0 aliphatic carbocycles. The van der Waals surface area contributed by atoms with Gasteiger partial charge in [-0.2, -0.15) is 0 Å². The van der Waals surface area contributed by atoms with Gasteiger partial charge in [0.2, 0.25) is 5.91 Å². The molecule has 0 saturated heterocycles. The zero-order chi connectivity index (χ0) is 19.4. The maximum absolute atomic E-state index is 12.5. The Hall–Kier alpha value is -3.68. The average Bonchev–Trinajstić information content (AvgIpc) is 3.08. The minimum Gasteiger partial charge on any atom is -0.480 e. The summed E-state index contributed by atoms with van der Waals surface area (Å²) < 4.78 is 5.39. The molecule has 0 bridgehead atoms. The lowest BCUT2D eigenvalue weighted by Gasteiger charge is -2.13. The van der Waals surface area contributed by atoms with Crippen LogP contribution < -0.4 is 11.1 Å². The van der Waals surface area contributed by atoms with Crippen molar-refractivity contribution < 1.29 is 24.0 Å². The highest BCUT2D eigenvalue weighted by atomic mass is 16.5. The van der Waals surface area contributed by atoms with Crippen LogP contribution in [0.1, 0.15) is 23.2 Å². The van der Waals surface area contributed by atoms with E-state index in [0.29, 0.717) is 16.7 Å². The van der Waals surface area contributed by atoms with Crippen LogP contribution in [-0.2, 0) is 9.59 Å². The molecular weight excluding hydrogens is 350 g/mol. The average molecular weight is 367 g/mol. The number of rotatable bonds is 7. The number of aromatic nitrogens is 1. The van der Waals surface area contributed by atoms with Gasteiger partial charge in [-0.05, 0) is 24.6 Å². The third-order valence-electron chi connectivity index (χ3n) is 4.06. The number of primary amides is 1. The normalized spacial score (nSPS) is 11.9. The van der Waals surface area contributed by atoms with Gasteiger partial charge in [-0.3, -0.25) is 9.59 Å². The Balaban J connectivity index is 1.86. The lowest BCUT2D eigenvalue weighted by molar-refractivity contribution is -0.139. The first-order valence-corrected chi connectivity index (χ1v) is 8.22. The predicted molar refractivity (Wildman–Crippen MR) is 96.8 cm³/mol. The lowest BCUT2D eigenvalue weighted by Crippen LogP contribution is -2.41. The molecule has 0 spiro atoms. The second kappa shape index (κ2) is 7.69. The van der Waals surface area contributed by atoms with E-state index >= 15 is 0 Å². The van der Waals surface area contributed by atoms with Crippen LogP contribution in [-0.4, -0.2) is 34.1 Å². The number of hydrogen-bond donors (Lipinski definition) is 3. The van der Waals surface area contributed by atoms with Crippen LogP contribution in [0.25, 0.3) is 22.2 Å². The van der Waals surface area contributed by atoms with Gasteiger partial charge in [0.15, 0.2) is 5.76 Å². The summed E-state index contributed by atoms with van der Waals surface area (Å²) in [4.78, 5) is 34.6. The molecule has 1 atom stereocenters. The van der Waals surface area contributed by atoms with Gasteiger partial charge in [0, 0.05) is 17.5 Å². The molecule has 3 rings (SSSR count). The molecule has 8 heteroatoms. The van der Waals surface area contributed by atoms with Gasteiger partial charge < -0.3 is 20.7 Å². The van der Waals surface area contributed by atoms with Gasteiger partial charge in [-0.1, -0.05) is 35.5 Å². The molecule has 1 heterocycles. The van der Waals surface area contributed by atoms with E-state index in [1.165, 1.54) is 6.07 Å². The van der Waals surface area contributed by atoms with Crippen molar-refractivity contribution in [1.82, 2.24) is 10.5 Å². The van der Waals surface area contributed by atoms with Gasteiger partial charge in [0.05, 0.1) is 5.39 Å². The van der Waals surface area contributed by atoms with Crippen LogP contribution in [0.4, 0.5) is 0 Å². The molecule has 1 aromatic heterocycles. The minimum atomic E-state index is -1.24. The van der Waals surface area contributed by atoms with Crippen molar-refractivity contribution in [3.8, 4) is 11.3 Å². The highest BCUT2D eigenvalue weighted by Crippen LogP contribution is 2.29. The molecule has 0 unspecified atom stereocenters. The summed E-state index contributed by atoms with van der Waals surface area (Å²) in [6.07, 6.45) is -0.221. The van der Waals surface area contributed by atoms with E-state index in [-0.39, 0.29) is 18.4 Å². The van der Waals surface area contributed by atoms with Gasteiger partial charge >= 0.3 is 5.97 Å². The summed E-state index contributed by atoms with van der Waals surface area (Å²) in [5.41, 5.74) is 6.69. The van der Waals surface area contributed by atoms with Crippen molar-refractivity contribution in [2.45, 2.75) is 18.9 Å². The van der Waals surface area contributed by atoms with Crippen LogP contribution in [0, 0.1) is 0 Å². The van der Waals surface area contributed by atoms with Crippen molar-refractivity contribution in [3.05, 3.63) is 54.1 Å². The fourth-order valence-corrected chi connectivity index (χ4v) is 2.67. The van der Waals surface area contributed by atoms with E-state index in [2.05, 4.69) is 10.5 Å². The SMILES string of the molecule is NC(=O)CC[C@H](NC(=O)c1ccc2noc(-c3ccccc3)c2c1)C(=O)O. The van der Waals surface area contributed by atoms with Gasteiger partial charge in [0.25, 0.3) is 5.91 Å². The largest absolute Gasteiger partial charge is 0.480 e. The number of nitrogens with two attached hydrogens (primary N) is 1. The Labute approximate surface area is 153 Å². The van der Waals surface area contributed by atoms with E-state index in [1.807, 2.05) is 30.3 Å². The summed E-state index contributed by atoms with van der Waals surface area (Å²) in [5.74, 6) is -1.92. The highest BCUT2D eigenvalue weighted by Gasteiger charge is 2.22. The first-order valence-electron chi connectivity index (χ1n) is 8.22. The Bertz CT molecular complexity index is 997. The first-order chi connectivity index (χ1) is 13.0. The van der Waals surface area contributed by atoms with E-state index < -0.39 is 23.8 Å². The van der Waals surface area contributed by atoms with Crippen LogP contribution in [0.15, 0.2) is 53.1 Å². The van der Waals surface area contributed by atoms with Crippen LogP contribution in [0.2, 0.25) is 0 Å². The van der Waals surface area contributed by atoms with Gasteiger partial charge in [-0.15, -0.1) is 0 Å². The number of fused-ring (bicyclic) bond motifs is 1. The van der Waals surface area contributed by atoms with Gasteiger partial charge in [0.1, 0.15) is 11.6 Å². The van der Waals surface area contributed by atoms with Crippen molar-refractivity contribution in [2.75, 3.05) is 0 Å². The van der Waals surface area contributed by atoms with Crippen molar-refractivity contribution >= 4 is 28.7 Å². The number of carbonyl (C=O) groups excluding carboxylic acids is 2. The lowest BCUT2D eigenvalue weighted by atomic mass is 10.1. The number of carbonyl (C=O) groups is 3. The van der Waals surface area contributed by atoms with Crippen molar-refractivity contribution in [2.24, 2.45) is 5.73 Å². The Morgan fingerprint density at radius 3 is 2.56 bits per heavy atom. The molecule has 0 aliphatic heterocycles. The Morgan fingerprint density at radius 1 is 1.15 bits per heavy atom. The molecule has 138 valence electrons. The zero-order valence-corrected chi connectivity index (χ0v) is 14.2. The molecule has 2 amide bonds. The van der Waals surface area contributed by atoms with E-state index in [0.717, 1.165) is 5.56 Å². The van der Waals surface area contributed by atoms with Crippen LogP contribution >= 0.6 is 0 Å². The molecule has 0 saturated carbocycles. The number of carboxylic acid groups (broad SMARTS) is 1. The molecule has 0 radical (unpaired) electrons. The summed E-state index contributed by atoms with van der Waals surface area (Å²) in [6.45, 7) is 0. The topological polar surface area (TPSA) is 136 Å². The zero-order valence-electron chi connectivity index (χ0n) is 14.2. The number of nitrogens with zero attached hydrogens (tertiary/aromatic N) is 1. The van der Waals surface area contributed by atoms with Crippen molar-refractivity contribution in [3.63, 3.8) is 0 Å². The third-order valence-corrected chi connectivity index (χ3v) is 4.06. The number of amides is 2. The maximum Gasteiger partial charge on any atom is 0.326 e. The van der Waals surface area contributed by atoms with E-state index in [1.54, 1.807) is 12.1 Å². The number of nitrogens with one attached hydrogen (secondary N) is 1. The predicted octanol–water partition coefficient (Wildman–Crippen LogP) is 1.94. The third kappa shape index (κ3) is 4.12. The van der Waals surface area contributed by atoms with Crippen molar-refractivity contribution in [1.29, 1.82) is 0 Å². The summed E-state index contributed by atoms with van der Waals surface area (Å²) >= 11 is 0. The quantitative estimate of drug-likeness (QED) is 0.584. The van der Waals surface area contributed by atoms with E-state index in [9.17, 15) is 19.5 Å². The number of benzene rings is 2. The molecular formula is C19H17N3O5. The molecule has 8 nitrogen and oxygen atoms in total. The molecule has 3 aromatic rings. The van der Waals surface area contributed by atoms with Gasteiger partial charge in [-0.25, -0.2) is 4.79 Å². The summed E-state index contributed by atoms with van der Waals surface area (Å²) in [6, 6.07) is 12.8. The molecule has 4 N–H and O–H groups in total. The second-order valence-electron chi connectivity index (χ2n) is 5.98. The summed E-state index contributed by atoms with van der Waals surface area (Å²) in [5, 5.41) is 16.2. The smallest absolute Gasteiger partial charge is 0.326 e. The standard InChI is InChI=1S/C19H17N3O5/c20-16(23)9-8-15(19(25)26)21-18(24)12-6-7-14-13(10-12)17(27-22-14)11-4-2-1-3-5-11/h1-7,10,15H,8-9H2,(H2,20,23)(H,21,24)(H,25,26)/t15-/m0/s1. The number of hydrogen-bond acceptors (Lipinski definition) is 5. The fraction of sp³-hybridized carbons (Fsp3) is 0.158. The molecule has 27 heavy (non-hydrogen) atoms. The van der Waals surface area contributed by atoms with Crippen LogP contribution in [0.3, 0.4) is 0 Å². The summed E-state index contributed by atoms with van der Waals surface area (Å²) in [7, 11) is 0. The molecule has 0 aliphatic rings. The monoisotopic (exact) mass is 367 g/mol. The first kappa shape index (κ1) is 18.1. The van der Waals surface area contributed by atoms with E-state index in [4.69, 9.17) is 10.3 Å². The maximum atomic E-state index is 12.5. The molecule has 2 aromatic carbocycles. The fourth-order valence-electron chi connectivity index (χ4n) is 2.67.